The fourth-order valence-electron chi connectivity index (χ4n) is 1.33. The molecule has 0 aromatic heterocycles. The van der Waals surface area contributed by atoms with Crippen molar-refractivity contribution in [1.82, 2.24) is 10.6 Å². The van der Waals surface area contributed by atoms with E-state index in [0.717, 1.165) is 5.56 Å². The van der Waals surface area contributed by atoms with E-state index in [4.69, 9.17) is 0 Å². The third-order valence-corrected chi connectivity index (χ3v) is 2.49. The number of likely N-dealkylation sites (N-methyl/N-ethyl adjacent to an activating group) is 1. The largest absolute Gasteiger partial charge is 0.358 e. The van der Waals surface area contributed by atoms with Crippen LogP contribution in [0.25, 0.3) is 0 Å². The fourth-order valence-corrected chi connectivity index (χ4v) is 1.33. The van der Waals surface area contributed by atoms with Crippen molar-refractivity contribution in [2.24, 2.45) is 0 Å². The molecule has 1 aromatic rings. The molecule has 2 N–H and O–H groups in total. The molecule has 4 heteroatoms. The molecule has 0 saturated heterocycles. The maximum atomic E-state index is 13.2. The Bertz CT molecular complexity index is 379. The van der Waals surface area contributed by atoms with Gasteiger partial charge in [0.15, 0.2) is 0 Å². The minimum Gasteiger partial charge on any atom is -0.358 e. The third kappa shape index (κ3) is 3.31. The summed E-state index contributed by atoms with van der Waals surface area (Å²) in [5.41, 5.74) is 1.46. The molecule has 0 aliphatic heterocycles. The van der Waals surface area contributed by atoms with Crippen LogP contribution in [0.1, 0.15) is 18.1 Å². The highest BCUT2D eigenvalue weighted by atomic mass is 19.1. The van der Waals surface area contributed by atoms with Gasteiger partial charge in [0.25, 0.3) is 0 Å². The van der Waals surface area contributed by atoms with E-state index < -0.39 is 0 Å². The molecule has 16 heavy (non-hydrogen) atoms. The van der Waals surface area contributed by atoms with Crippen LogP contribution in [0.3, 0.4) is 0 Å². The summed E-state index contributed by atoms with van der Waals surface area (Å²) in [6.45, 7) is 3.97. The second-order valence-corrected chi connectivity index (χ2v) is 3.80. The van der Waals surface area contributed by atoms with Crippen LogP contribution < -0.4 is 10.6 Å². The summed E-state index contributed by atoms with van der Waals surface area (Å²) in [4.78, 5) is 11.2. The highest BCUT2D eigenvalue weighted by Gasteiger charge is 2.09. The van der Waals surface area contributed by atoms with E-state index in [1.165, 1.54) is 6.07 Å². The van der Waals surface area contributed by atoms with Crippen molar-refractivity contribution in [2.75, 3.05) is 7.05 Å². The summed E-state index contributed by atoms with van der Waals surface area (Å²) < 4.78 is 13.2. The molecule has 0 spiro atoms. The van der Waals surface area contributed by atoms with E-state index >= 15 is 0 Å². The zero-order valence-electron chi connectivity index (χ0n) is 9.80. The lowest BCUT2D eigenvalue weighted by Gasteiger charge is -2.12. The van der Waals surface area contributed by atoms with Crippen LogP contribution in [-0.2, 0) is 11.3 Å². The van der Waals surface area contributed by atoms with Crippen molar-refractivity contribution in [2.45, 2.75) is 26.4 Å². The molecule has 0 fully saturated rings. The lowest BCUT2D eigenvalue weighted by atomic mass is 10.1. The second kappa shape index (κ2) is 5.61. The van der Waals surface area contributed by atoms with Gasteiger partial charge in [0.05, 0.1) is 6.04 Å². The predicted octanol–water partition coefficient (Wildman–Crippen LogP) is 1.36. The standard InChI is InChI=1S/C12H17FN2O/c1-8-4-5-10(6-11(8)13)7-15-9(2)12(16)14-3/h4-6,9,15H,7H2,1-3H3,(H,14,16)/t9-/m1/s1. The zero-order valence-corrected chi connectivity index (χ0v) is 9.80. The number of amides is 1. The number of hydrogen-bond acceptors (Lipinski definition) is 2. The average molecular weight is 224 g/mol. The fraction of sp³-hybridized carbons (Fsp3) is 0.417. The van der Waals surface area contributed by atoms with Crippen molar-refractivity contribution in [3.8, 4) is 0 Å². The number of nitrogens with one attached hydrogen (secondary N) is 2. The normalized spacial score (nSPS) is 12.2. The number of carbonyl (C=O) groups excluding carboxylic acids is 1. The minimum absolute atomic E-state index is 0.0763. The molecular weight excluding hydrogens is 207 g/mol. The van der Waals surface area contributed by atoms with Crippen LogP contribution in [0.15, 0.2) is 18.2 Å². The zero-order chi connectivity index (χ0) is 12.1. The lowest BCUT2D eigenvalue weighted by Crippen LogP contribution is -2.40. The first kappa shape index (κ1) is 12.6. The number of halogens is 1. The molecule has 1 amide bonds. The Hall–Kier alpha value is -1.42. The summed E-state index contributed by atoms with van der Waals surface area (Å²) >= 11 is 0. The van der Waals surface area contributed by atoms with Gasteiger partial charge in [-0.2, -0.15) is 0 Å². The molecule has 3 nitrogen and oxygen atoms in total. The molecule has 0 radical (unpaired) electrons. The van der Waals surface area contributed by atoms with E-state index in [1.807, 2.05) is 6.07 Å². The van der Waals surface area contributed by atoms with Gasteiger partial charge in [-0.25, -0.2) is 4.39 Å². The highest BCUT2D eigenvalue weighted by Crippen LogP contribution is 2.08. The Labute approximate surface area is 95.0 Å². The van der Waals surface area contributed by atoms with E-state index in [-0.39, 0.29) is 17.8 Å². The first-order valence-electron chi connectivity index (χ1n) is 5.24. The summed E-state index contributed by atoms with van der Waals surface area (Å²) in [6, 6.07) is 4.78. The van der Waals surface area contributed by atoms with Crippen molar-refractivity contribution < 1.29 is 9.18 Å². The second-order valence-electron chi connectivity index (χ2n) is 3.80. The molecule has 0 aliphatic carbocycles. The van der Waals surface area contributed by atoms with Crippen LogP contribution in [0.5, 0.6) is 0 Å². The first-order chi connectivity index (χ1) is 7.54. The van der Waals surface area contributed by atoms with E-state index in [1.54, 1.807) is 27.0 Å². The quantitative estimate of drug-likeness (QED) is 0.810. The van der Waals surface area contributed by atoms with Gasteiger partial charge >= 0.3 is 0 Å². The number of rotatable bonds is 4. The number of hydrogen-bond donors (Lipinski definition) is 2. The summed E-state index contributed by atoms with van der Waals surface area (Å²) in [6.07, 6.45) is 0. The van der Waals surface area contributed by atoms with Crippen molar-refractivity contribution in [3.63, 3.8) is 0 Å². The minimum atomic E-state index is -0.283. The van der Waals surface area contributed by atoms with Crippen molar-refractivity contribution in [1.29, 1.82) is 0 Å². The van der Waals surface area contributed by atoms with E-state index in [0.29, 0.717) is 12.1 Å². The lowest BCUT2D eigenvalue weighted by molar-refractivity contribution is -0.122. The van der Waals surface area contributed by atoms with Crippen LogP contribution in [0.4, 0.5) is 4.39 Å². The van der Waals surface area contributed by atoms with Gasteiger partial charge in [-0.3, -0.25) is 4.79 Å². The van der Waals surface area contributed by atoms with Crippen LogP contribution in [-0.4, -0.2) is 19.0 Å². The maximum absolute atomic E-state index is 13.2. The molecule has 1 aromatic carbocycles. The number of aryl methyl sites for hydroxylation is 1. The molecular formula is C12H17FN2O. The first-order valence-corrected chi connectivity index (χ1v) is 5.24. The summed E-state index contributed by atoms with van der Waals surface area (Å²) in [7, 11) is 1.59. The van der Waals surface area contributed by atoms with E-state index in [2.05, 4.69) is 10.6 Å². The molecule has 0 bridgehead atoms. The molecule has 0 saturated carbocycles. The monoisotopic (exact) mass is 224 g/mol. The van der Waals surface area contributed by atoms with Crippen molar-refractivity contribution >= 4 is 5.91 Å². The van der Waals surface area contributed by atoms with Crippen LogP contribution in [0.2, 0.25) is 0 Å². The molecule has 0 aliphatic rings. The van der Waals surface area contributed by atoms with Crippen LogP contribution in [0, 0.1) is 12.7 Å². The van der Waals surface area contributed by atoms with Gasteiger partial charge in [0, 0.05) is 13.6 Å². The Morgan fingerprint density at radius 3 is 2.75 bits per heavy atom. The molecule has 0 unspecified atom stereocenters. The average Bonchev–Trinajstić information content (AvgIpc) is 2.29. The Morgan fingerprint density at radius 1 is 1.50 bits per heavy atom. The predicted molar refractivity (Wildman–Crippen MR) is 61.5 cm³/mol. The molecule has 1 rings (SSSR count). The SMILES string of the molecule is CNC(=O)[C@@H](C)NCc1ccc(C)c(F)c1. The topological polar surface area (TPSA) is 41.1 Å². The van der Waals surface area contributed by atoms with Gasteiger partial charge in [-0.1, -0.05) is 12.1 Å². The summed E-state index contributed by atoms with van der Waals surface area (Å²) in [5, 5.41) is 5.56. The molecule has 0 heterocycles. The van der Waals surface area contributed by atoms with Gasteiger partial charge in [0.1, 0.15) is 5.82 Å². The number of carbonyl (C=O) groups is 1. The van der Waals surface area contributed by atoms with Gasteiger partial charge in [-0.15, -0.1) is 0 Å². The Kier molecular flexibility index (Phi) is 4.43. The maximum Gasteiger partial charge on any atom is 0.236 e. The molecule has 88 valence electrons. The third-order valence-electron chi connectivity index (χ3n) is 2.49. The Balaban J connectivity index is 2.55. The highest BCUT2D eigenvalue weighted by molar-refractivity contribution is 5.80. The van der Waals surface area contributed by atoms with E-state index in [9.17, 15) is 9.18 Å². The summed E-state index contributed by atoms with van der Waals surface area (Å²) in [5.74, 6) is -0.292. The van der Waals surface area contributed by atoms with Gasteiger partial charge in [-0.05, 0) is 31.0 Å². The van der Waals surface area contributed by atoms with Crippen molar-refractivity contribution in [3.05, 3.63) is 35.1 Å². The number of benzene rings is 1. The molecule has 1 atom stereocenters. The van der Waals surface area contributed by atoms with Gasteiger partial charge in [0.2, 0.25) is 5.91 Å². The smallest absolute Gasteiger partial charge is 0.236 e. The van der Waals surface area contributed by atoms with Gasteiger partial charge < -0.3 is 10.6 Å². The Morgan fingerprint density at radius 2 is 2.19 bits per heavy atom. The van der Waals surface area contributed by atoms with Crippen LogP contribution >= 0.6 is 0 Å².